The summed E-state index contributed by atoms with van der Waals surface area (Å²) in [6.07, 6.45) is 1.48. The Morgan fingerprint density at radius 3 is 3.00 bits per heavy atom. The Hall–Kier alpha value is -1.17. The van der Waals surface area contributed by atoms with Gasteiger partial charge in [-0.1, -0.05) is 0 Å². The van der Waals surface area contributed by atoms with Crippen LogP contribution in [0.25, 0.3) is 10.2 Å². The van der Waals surface area contributed by atoms with Crippen molar-refractivity contribution in [1.29, 1.82) is 0 Å². The summed E-state index contributed by atoms with van der Waals surface area (Å²) < 4.78 is 16.4. The predicted molar refractivity (Wildman–Crippen MR) is 60.8 cm³/mol. The topological polar surface area (TPSA) is 40.6 Å². The van der Waals surface area contributed by atoms with Crippen molar-refractivity contribution in [2.24, 2.45) is 0 Å². The molecule has 0 aromatic carbocycles. The molecule has 2 aromatic rings. The van der Waals surface area contributed by atoms with Gasteiger partial charge < -0.3 is 14.2 Å². The second kappa shape index (κ2) is 4.01. The zero-order chi connectivity index (χ0) is 11.0. The van der Waals surface area contributed by atoms with E-state index in [2.05, 4.69) is 4.98 Å². The SMILES string of the molecule is COc1c(C2OCCO2)sc2ncccc12. The molecule has 0 saturated carbocycles. The number of thiophene rings is 1. The molecular formula is C11H11NO3S. The third-order valence-corrected chi connectivity index (χ3v) is 3.60. The molecule has 1 aliphatic heterocycles. The largest absolute Gasteiger partial charge is 0.495 e. The van der Waals surface area contributed by atoms with Gasteiger partial charge >= 0.3 is 0 Å². The van der Waals surface area contributed by atoms with Gasteiger partial charge in [-0.3, -0.25) is 0 Å². The average molecular weight is 237 g/mol. The fraction of sp³-hybridized carbons (Fsp3) is 0.364. The molecule has 1 fully saturated rings. The van der Waals surface area contributed by atoms with Gasteiger partial charge in [-0.2, -0.15) is 0 Å². The summed E-state index contributed by atoms with van der Waals surface area (Å²) in [4.78, 5) is 6.23. The van der Waals surface area contributed by atoms with Crippen LogP contribution in [0.15, 0.2) is 18.3 Å². The maximum Gasteiger partial charge on any atom is 0.197 e. The standard InChI is InChI=1S/C11H11NO3S/c1-13-8-7-3-2-4-12-10(7)16-9(8)11-14-5-6-15-11/h2-4,11H,5-6H2,1H3. The zero-order valence-corrected chi connectivity index (χ0v) is 9.62. The Morgan fingerprint density at radius 1 is 1.44 bits per heavy atom. The third-order valence-electron chi connectivity index (χ3n) is 2.49. The van der Waals surface area contributed by atoms with Gasteiger partial charge in [-0.15, -0.1) is 11.3 Å². The number of hydrogen-bond donors (Lipinski definition) is 0. The first kappa shape index (κ1) is 10.0. The fourth-order valence-corrected chi connectivity index (χ4v) is 2.91. The molecule has 0 atom stereocenters. The van der Waals surface area contributed by atoms with Crippen LogP contribution >= 0.6 is 11.3 Å². The Morgan fingerprint density at radius 2 is 2.25 bits per heavy atom. The molecule has 3 heterocycles. The van der Waals surface area contributed by atoms with Crippen LogP contribution in [0.4, 0.5) is 0 Å². The number of hydrogen-bond acceptors (Lipinski definition) is 5. The lowest BCUT2D eigenvalue weighted by atomic mass is 10.3. The number of nitrogens with zero attached hydrogens (tertiary/aromatic N) is 1. The molecule has 84 valence electrons. The van der Waals surface area contributed by atoms with Crippen LogP contribution in [0, 0.1) is 0 Å². The van der Waals surface area contributed by atoms with E-state index >= 15 is 0 Å². The van der Waals surface area contributed by atoms with E-state index in [4.69, 9.17) is 14.2 Å². The highest BCUT2D eigenvalue weighted by molar-refractivity contribution is 7.19. The number of ether oxygens (including phenoxy) is 3. The Kier molecular flexibility index (Phi) is 2.51. The molecule has 2 aromatic heterocycles. The molecule has 5 heteroatoms. The Bertz CT molecular complexity index is 505. The average Bonchev–Trinajstić information content (AvgIpc) is 2.95. The van der Waals surface area contributed by atoms with Crippen LogP contribution in [-0.4, -0.2) is 25.3 Å². The number of methoxy groups -OCH3 is 1. The van der Waals surface area contributed by atoms with Gasteiger partial charge in [-0.25, -0.2) is 4.98 Å². The van der Waals surface area contributed by atoms with E-state index in [0.717, 1.165) is 20.8 Å². The van der Waals surface area contributed by atoms with Crippen LogP contribution < -0.4 is 4.74 Å². The van der Waals surface area contributed by atoms with E-state index in [9.17, 15) is 0 Å². The Balaban J connectivity index is 2.15. The van der Waals surface area contributed by atoms with E-state index in [1.54, 1.807) is 24.6 Å². The van der Waals surface area contributed by atoms with Gasteiger partial charge in [-0.05, 0) is 12.1 Å². The van der Waals surface area contributed by atoms with Crippen LogP contribution in [0.3, 0.4) is 0 Å². The molecule has 0 N–H and O–H groups in total. The highest BCUT2D eigenvalue weighted by atomic mass is 32.1. The van der Waals surface area contributed by atoms with Crippen molar-refractivity contribution >= 4 is 21.6 Å². The quantitative estimate of drug-likeness (QED) is 0.804. The summed E-state index contributed by atoms with van der Waals surface area (Å²) in [6.45, 7) is 1.27. The molecule has 4 nitrogen and oxygen atoms in total. The van der Waals surface area contributed by atoms with E-state index in [-0.39, 0.29) is 6.29 Å². The number of pyridine rings is 1. The van der Waals surface area contributed by atoms with E-state index in [0.29, 0.717) is 13.2 Å². The molecule has 1 saturated heterocycles. The summed E-state index contributed by atoms with van der Waals surface area (Å²) in [6, 6.07) is 3.90. The van der Waals surface area contributed by atoms with Crippen molar-refractivity contribution in [3.05, 3.63) is 23.2 Å². The molecule has 1 aliphatic rings. The van der Waals surface area contributed by atoms with Gasteiger partial charge in [0.25, 0.3) is 0 Å². The van der Waals surface area contributed by atoms with Crippen molar-refractivity contribution in [3.63, 3.8) is 0 Å². The molecule has 3 rings (SSSR count). The van der Waals surface area contributed by atoms with Crippen molar-refractivity contribution in [2.75, 3.05) is 20.3 Å². The summed E-state index contributed by atoms with van der Waals surface area (Å²) in [5.41, 5.74) is 0. The first-order chi connectivity index (χ1) is 7.90. The number of rotatable bonds is 2. The van der Waals surface area contributed by atoms with Crippen LogP contribution in [0.5, 0.6) is 5.75 Å². The molecule has 0 aliphatic carbocycles. The first-order valence-electron chi connectivity index (χ1n) is 5.05. The lowest BCUT2D eigenvalue weighted by Gasteiger charge is -2.08. The summed E-state index contributed by atoms with van der Waals surface area (Å²) in [5.74, 6) is 0.819. The van der Waals surface area contributed by atoms with Crippen molar-refractivity contribution < 1.29 is 14.2 Å². The highest BCUT2D eigenvalue weighted by Crippen LogP contribution is 2.42. The predicted octanol–water partition coefficient (Wildman–Crippen LogP) is 2.35. The van der Waals surface area contributed by atoms with E-state index < -0.39 is 0 Å². The first-order valence-corrected chi connectivity index (χ1v) is 5.86. The molecular weight excluding hydrogens is 226 g/mol. The maximum atomic E-state index is 5.49. The normalized spacial score (nSPS) is 17.1. The summed E-state index contributed by atoms with van der Waals surface area (Å²) in [5, 5.41) is 1.02. The molecule has 0 unspecified atom stereocenters. The van der Waals surface area contributed by atoms with E-state index in [1.807, 2.05) is 12.1 Å². The third kappa shape index (κ3) is 1.48. The molecule has 0 spiro atoms. The smallest absolute Gasteiger partial charge is 0.197 e. The second-order valence-electron chi connectivity index (χ2n) is 3.43. The molecule has 0 radical (unpaired) electrons. The second-order valence-corrected chi connectivity index (χ2v) is 4.46. The molecule has 0 amide bonds. The van der Waals surface area contributed by atoms with Gasteiger partial charge in [0.15, 0.2) is 6.29 Å². The maximum absolute atomic E-state index is 5.49. The minimum absolute atomic E-state index is 0.297. The minimum atomic E-state index is -0.297. The van der Waals surface area contributed by atoms with E-state index in [1.165, 1.54) is 0 Å². The monoisotopic (exact) mass is 237 g/mol. The Labute approximate surface area is 96.8 Å². The number of aromatic nitrogens is 1. The summed E-state index contributed by atoms with van der Waals surface area (Å²) in [7, 11) is 1.66. The van der Waals surface area contributed by atoms with Gasteiger partial charge in [0.2, 0.25) is 0 Å². The number of fused-ring (bicyclic) bond motifs is 1. The lowest BCUT2D eigenvalue weighted by Crippen LogP contribution is -1.97. The van der Waals surface area contributed by atoms with Gasteiger partial charge in [0.05, 0.1) is 25.7 Å². The zero-order valence-electron chi connectivity index (χ0n) is 8.80. The molecule has 16 heavy (non-hydrogen) atoms. The van der Waals surface area contributed by atoms with Crippen molar-refractivity contribution in [1.82, 2.24) is 4.98 Å². The lowest BCUT2D eigenvalue weighted by molar-refractivity contribution is -0.0424. The minimum Gasteiger partial charge on any atom is -0.495 e. The van der Waals surface area contributed by atoms with Crippen molar-refractivity contribution in [2.45, 2.75) is 6.29 Å². The van der Waals surface area contributed by atoms with Crippen molar-refractivity contribution in [3.8, 4) is 5.75 Å². The van der Waals surface area contributed by atoms with Crippen LogP contribution in [-0.2, 0) is 9.47 Å². The summed E-state index contributed by atoms with van der Waals surface area (Å²) >= 11 is 1.56. The van der Waals surface area contributed by atoms with Crippen LogP contribution in [0.2, 0.25) is 0 Å². The highest BCUT2D eigenvalue weighted by Gasteiger charge is 2.26. The molecule has 0 bridgehead atoms. The van der Waals surface area contributed by atoms with Gasteiger partial charge in [0.1, 0.15) is 15.5 Å². The van der Waals surface area contributed by atoms with Crippen LogP contribution in [0.1, 0.15) is 11.2 Å². The fourth-order valence-electron chi connectivity index (χ4n) is 1.80. The van der Waals surface area contributed by atoms with Gasteiger partial charge in [0, 0.05) is 6.20 Å².